The lowest BCUT2D eigenvalue weighted by Crippen LogP contribution is -2.38. The number of rotatable bonds is 6. The Bertz CT molecular complexity index is 1380. The third-order valence-corrected chi connectivity index (χ3v) is 6.80. The Balaban J connectivity index is 1.39. The highest BCUT2D eigenvalue weighted by molar-refractivity contribution is 7.89. The molecule has 1 heterocycles. The Morgan fingerprint density at radius 1 is 0.972 bits per heavy atom. The van der Waals surface area contributed by atoms with E-state index in [4.69, 9.17) is 4.74 Å². The maximum atomic E-state index is 13.1. The molecule has 0 aromatic heterocycles. The van der Waals surface area contributed by atoms with Crippen molar-refractivity contribution in [2.75, 3.05) is 11.9 Å². The lowest BCUT2D eigenvalue weighted by Gasteiger charge is -2.29. The van der Waals surface area contributed by atoms with Gasteiger partial charge in [-0.25, -0.2) is 13.2 Å². The fourth-order valence-corrected chi connectivity index (χ4v) is 4.77. The van der Waals surface area contributed by atoms with Crippen LogP contribution < -0.4 is 15.4 Å². The molecule has 1 aliphatic rings. The molecule has 188 valence electrons. The summed E-state index contributed by atoms with van der Waals surface area (Å²) < 4.78 is 71.6. The number of nitrogens with one attached hydrogen (secondary N) is 3. The zero-order chi connectivity index (χ0) is 25.9. The average molecular weight is 520 g/mol. The Hall–Kier alpha value is -3.90. The first-order chi connectivity index (χ1) is 17.0. The molecule has 0 spiro atoms. The number of esters is 1. The number of amides is 1. The minimum absolute atomic E-state index is 0.105. The monoisotopic (exact) mass is 519 g/mol. The number of hydrogen-bond acceptors (Lipinski definition) is 6. The fraction of sp³-hybridized carbons (Fsp3) is 0.167. The van der Waals surface area contributed by atoms with E-state index < -0.39 is 46.4 Å². The van der Waals surface area contributed by atoms with Gasteiger partial charge in [-0.05, 0) is 41.5 Å². The van der Waals surface area contributed by atoms with Crippen LogP contribution in [0.15, 0.2) is 77.7 Å². The van der Waals surface area contributed by atoms with Crippen molar-refractivity contribution >= 4 is 27.6 Å². The summed E-state index contributed by atoms with van der Waals surface area (Å²) >= 11 is 0. The van der Waals surface area contributed by atoms with E-state index >= 15 is 0 Å². The van der Waals surface area contributed by atoms with E-state index in [0.29, 0.717) is 11.6 Å². The van der Waals surface area contributed by atoms with Crippen LogP contribution in [0.3, 0.4) is 0 Å². The number of alkyl halides is 3. The van der Waals surface area contributed by atoms with Crippen LogP contribution in [0.2, 0.25) is 0 Å². The summed E-state index contributed by atoms with van der Waals surface area (Å²) in [6, 6.07) is 17.1. The van der Waals surface area contributed by atoms with Gasteiger partial charge in [0.1, 0.15) is 11.1 Å². The van der Waals surface area contributed by atoms with Crippen molar-refractivity contribution < 1.29 is 35.9 Å². The Morgan fingerprint density at radius 2 is 1.67 bits per heavy atom. The van der Waals surface area contributed by atoms with Crippen molar-refractivity contribution in [2.45, 2.75) is 23.8 Å². The lowest BCUT2D eigenvalue weighted by molar-refractivity contribution is -0.137. The summed E-state index contributed by atoms with van der Waals surface area (Å²) in [6.07, 6.45) is -5.71. The lowest BCUT2D eigenvalue weighted by atomic mass is 10.1. The average Bonchev–Trinajstić information content (AvgIpc) is 2.85. The summed E-state index contributed by atoms with van der Waals surface area (Å²) in [6.45, 7) is -0.209. The molecule has 0 radical (unpaired) electrons. The quantitative estimate of drug-likeness (QED) is 0.429. The minimum Gasteiger partial charge on any atom is -0.452 e. The molecule has 1 atom stereocenters. The topological polar surface area (TPSA) is 114 Å². The van der Waals surface area contributed by atoms with E-state index in [0.717, 1.165) is 17.7 Å². The second-order valence-corrected chi connectivity index (χ2v) is 9.55. The van der Waals surface area contributed by atoms with E-state index in [1.807, 2.05) is 30.3 Å². The molecule has 0 fully saturated rings. The van der Waals surface area contributed by atoms with Crippen LogP contribution in [0.1, 0.15) is 33.2 Å². The van der Waals surface area contributed by atoms with Crippen molar-refractivity contribution in [1.29, 1.82) is 0 Å². The predicted molar refractivity (Wildman–Crippen MR) is 123 cm³/mol. The van der Waals surface area contributed by atoms with Gasteiger partial charge < -0.3 is 15.4 Å². The summed E-state index contributed by atoms with van der Waals surface area (Å²) in [7, 11) is -4.09. The van der Waals surface area contributed by atoms with Gasteiger partial charge in [0, 0.05) is 6.54 Å². The van der Waals surface area contributed by atoms with Gasteiger partial charge in [0.2, 0.25) is 10.0 Å². The van der Waals surface area contributed by atoms with Gasteiger partial charge in [0.15, 0.2) is 6.61 Å². The molecule has 12 heteroatoms. The maximum Gasteiger partial charge on any atom is 0.416 e. The molecule has 0 saturated carbocycles. The molecule has 0 bridgehead atoms. The molecule has 1 amide bonds. The molecule has 3 N–H and O–H groups in total. The van der Waals surface area contributed by atoms with Crippen LogP contribution in [0.25, 0.3) is 0 Å². The standard InChI is InChI=1S/C24H20F3N3O5S/c25-24(26,27)18-10-11-20-19(12-18)29-22(30-36(20,33)34)16-6-8-17(9-7-16)23(32)35-14-21(31)28-13-15-4-2-1-3-5-15/h1-12,22,29-30H,13-14H2,(H,28,31)/t22-/m0/s1. The number of fused-ring (bicyclic) bond motifs is 1. The maximum absolute atomic E-state index is 13.1. The van der Waals surface area contributed by atoms with Crippen molar-refractivity contribution in [2.24, 2.45) is 0 Å². The SMILES string of the molecule is O=C(COC(=O)c1ccc([C@H]2Nc3cc(C(F)(F)F)ccc3S(=O)(=O)N2)cc1)NCc1ccccc1. The van der Waals surface area contributed by atoms with Gasteiger partial charge in [0.05, 0.1) is 16.8 Å². The third kappa shape index (κ3) is 5.83. The molecule has 0 aliphatic carbocycles. The third-order valence-electron chi connectivity index (χ3n) is 5.32. The van der Waals surface area contributed by atoms with Gasteiger partial charge in [-0.15, -0.1) is 0 Å². The van der Waals surface area contributed by atoms with Crippen molar-refractivity contribution in [1.82, 2.24) is 10.0 Å². The number of hydrogen-bond donors (Lipinski definition) is 3. The highest BCUT2D eigenvalue weighted by Gasteiger charge is 2.35. The van der Waals surface area contributed by atoms with E-state index in [-0.39, 0.29) is 22.7 Å². The van der Waals surface area contributed by atoms with Gasteiger partial charge >= 0.3 is 12.1 Å². The molecule has 36 heavy (non-hydrogen) atoms. The van der Waals surface area contributed by atoms with E-state index in [1.54, 1.807) is 0 Å². The number of carbonyl (C=O) groups is 2. The molecule has 3 aromatic rings. The first kappa shape index (κ1) is 25.2. The number of sulfonamides is 1. The second kappa shape index (κ2) is 9.99. The summed E-state index contributed by atoms with van der Waals surface area (Å²) in [5.41, 5.74) is 0.151. The molecule has 4 rings (SSSR count). The van der Waals surface area contributed by atoms with Gasteiger partial charge in [-0.3, -0.25) is 4.79 Å². The van der Waals surface area contributed by atoms with Crippen LogP contribution in [-0.2, 0) is 32.3 Å². The van der Waals surface area contributed by atoms with E-state index in [1.165, 1.54) is 24.3 Å². The van der Waals surface area contributed by atoms with Gasteiger partial charge in [-0.1, -0.05) is 42.5 Å². The summed E-state index contributed by atoms with van der Waals surface area (Å²) in [5, 5.41) is 5.37. The van der Waals surface area contributed by atoms with Gasteiger partial charge in [0.25, 0.3) is 5.91 Å². The van der Waals surface area contributed by atoms with Crippen molar-refractivity contribution in [3.8, 4) is 0 Å². The van der Waals surface area contributed by atoms with Crippen LogP contribution in [0.5, 0.6) is 0 Å². The normalized spacial score (nSPS) is 16.4. The van der Waals surface area contributed by atoms with Gasteiger partial charge in [-0.2, -0.15) is 17.9 Å². The van der Waals surface area contributed by atoms with E-state index in [9.17, 15) is 31.2 Å². The number of carbonyl (C=O) groups excluding carboxylic acids is 2. The first-order valence-electron chi connectivity index (χ1n) is 10.6. The smallest absolute Gasteiger partial charge is 0.416 e. The molecule has 0 saturated heterocycles. The molecule has 8 nitrogen and oxygen atoms in total. The molecule has 1 aliphatic heterocycles. The fourth-order valence-electron chi connectivity index (χ4n) is 3.48. The highest BCUT2D eigenvalue weighted by Crippen LogP contribution is 2.37. The molecular weight excluding hydrogens is 499 g/mol. The largest absolute Gasteiger partial charge is 0.452 e. The van der Waals surface area contributed by atoms with Crippen molar-refractivity contribution in [3.63, 3.8) is 0 Å². The number of anilines is 1. The Labute approximate surface area is 204 Å². The van der Waals surface area contributed by atoms with Crippen molar-refractivity contribution in [3.05, 3.63) is 95.1 Å². The number of halogens is 3. The first-order valence-corrected chi connectivity index (χ1v) is 12.1. The van der Waals surface area contributed by atoms with Crippen LogP contribution in [-0.4, -0.2) is 26.9 Å². The number of benzene rings is 3. The highest BCUT2D eigenvalue weighted by atomic mass is 32.2. The molecule has 0 unspecified atom stereocenters. The van der Waals surface area contributed by atoms with E-state index in [2.05, 4.69) is 15.4 Å². The molecule has 3 aromatic carbocycles. The Morgan fingerprint density at radius 3 is 2.33 bits per heavy atom. The summed E-state index contributed by atoms with van der Waals surface area (Å²) in [5.74, 6) is -1.25. The number of ether oxygens (including phenoxy) is 1. The van der Waals surface area contributed by atoms with Crippen LogP contribution in [0.4, 0.5) is 18.9 Å². The van der Waals surface area contributed by atoms with Crippen LogP contribution >= 0.6 is 0 Å². The predicted octanol–water partition coefficient (Wildman–Crippen LogP) is 3.58. The zero-order valence-electron chi connectivity index (χ0n) is 18.5. The Kier molecular flexibility index (Phi) is 7.00. The van der Waals surface area contributed by atoms with Crippen LogP contribution in [0, 0.1) is 0 Å². The zero-order valence-corrected chi connectivity index (χ0v) is 19.3. The minimum atomic E-state index is -4.64. The molecular formula is C24H20F3N3O5S. The summed E-state index contributed by atoms with van der Waals surface area (Å²) in [4.78, 5) is 23.9. The second-order valence-electron chi connectivity index (χ2n) is 7.87.